The van der Waals surface area contributed by atoms with Crippen molar-refractivity contribution in [3.63, 3.8) is 0 Å². The number of para-hydroxylation sites is 1. The van der Waals surface area contributed by atoms with Crippen LogP contribution in [0.15, 0.2) is 57.5 Å². The van der Waals surface area contributed by atoms with Gasteiger partial charge in [0.25, 0.3) is 5.56 Å². The highest BCUT2D eigenvalue weighted by Gasteiger charge is 2.22. The topological polar surface area (TPSA) is 60.9 Å². The van der Waals surface area contributed by atoms with Crippen LogP contribution in [0.25, 0.3) is 5.69 Å². The van der Waals surface area contributed by atoms with Gasteiger partial charge in [-0.2, -0.15) is 0 Å². The molecule has 0 bridgehead atoms. The molecular formula is C15H15N3OS2. The normalized spacial score (nSPS) is 13.1. The summed E-state index contributed by atoms with van der Waals surface area (Å²) in [6, 6.07) is 9.59. The minimum atomic E-state index is 0.0128. The molecule has 0 saturated carbocycles. The molecule has 1 aliphatic rings. The van der Waals surface area contributed by atoms with Crippen molar-refractivity contribution in [2.45, 2.75) is 16.5 Å². The number of rotatable bonds is 4. The summed E-state index contributed by atoms with van der Waals surface area (Å²) >= 11 is 3.04. The van der Waals surface area contributed by atoms with E-state index >= 15 is 0 Å². The first-order valence-electron chi connectivity index (χ1n) is 6.57. The molecule has 0 aliphatic carbocycles. The van der Waals surface area contributed by atoms with E-state index in [2.05, 4.69) is 11.6 Å². The minimum absolute atomic E-state index is 0.0128. The summed E-state index contributed by atoms with van der Waals surface area (Å²) in [5.41, 5.74) is 7.97. The number of thioether (sulfide) groups is 2. The maximum absolute atomic E-state index is 12.8. The Morgan fingerprint density at radius 3 is 2.90 bits per heavy atom. The zero-order chi connectivity index (χ0) is 14.8. The first-order valence-corrected chi connectivity index (χ1v) is 8.54. The quantitative estimate of drug-likeness (QED) is 0.693. The highest BCUT2D eigenvalue weighted by Crippen LogP contribution is 2.30. The molecule has 0 saturated heterocycles. The third-order valence-electron chi connectivity index (χ3n) is 3.07. The number of aromatic nitrogens is 2. The van der Waals surface area contributed by atoms with Crippen molar-refractivity contribution in [3.05, 3.63) is 58.7 Å². The number of nitrogens with two attached hydrogens (primary N) is 1. The third kappa shape index (κ3) is 2.87. The Morgan fingerprint density at radius 1 is 1.43 bits per heavy atom. The van der Waals surface area contributed by atoms with E-state index in [-0.39, 0.29) is 5.56 Å². The van der Waals surface area contributed by atoms with E-state index < -0.39 is 0 Å². The summed E-state index contributed by atoms with van der Waals surface area (Å²) in [7, 11) is 0. The van der Waals surface area contributed by atoms with Gasteiger partial charge in [0.15, 0.2) is 5.16 Å². The average Bonchev–Trinajstić information content (AvgIpc) is 2.95. The molecule has 6 heteroatoms. The van der Waals surface area contributed by atoms with Crippen molar-refractivity contribution in [1.29, 1.82) is 0 Å². The second-order valence-corrected chi connectivity index (χ2v) is 6.74. The summed E-state index contributed by atoms with van der Waals surface area (Å²) in [4.78, 5) is 18.2. The van der Waals surface area contributed by atoms with Gasteiger partial charge < -0.3 is 5.73 Å². The van der Waals surface area contributed by atoms with Gasteiger partial charge in [0, 0.05) is 23.6 Å². The highest BCUT2D eigenvalue weighted by atomic mass is 32.2. The number of aryl methyl sites for hydroxylation is 1. The molecule has 1 aromatic heterocycles. The highest BCUT2D eigenvalue weighted by molar-refractivity contribution is 7.99. The van der Waals surface area contributed by atoms with Crippen LogP contribution in [0.5, 0.6) is 0 Å². The Labute approximate surface area is 131 Å². The third-order valence-corrected chi connectivity index (χ3v) is 5.22. The zero-order valence-electron chi connectivity index (χ0n) is 11.4. The van der Waals surface area contributed by atoms with Crippen molar-refractivity contribution >= 4 is 23.5 Å². The summed E-state index contributed by atoms with van der Waals surface area (Å²) in [5.74, 6) is 1.47. The van der Waals surface area contributed by atoms with Crippen LogP contribution in [0.2, 0.25) is 0 Å². The maximum Gasteiger partial charge on any atom is 0.272 e. The molecule has 2 aromatic rings. The second-order valence-electron chi connectivity index (χ2n) is 4.69. The molecule has 2 N–H and O–H groups in total. The lowest BCUT2D eigenvalue weighted by molar-refractivity contribution is 0.740. The smallest absolute Gasteiger partial charge is 0.272 e. The van der Waals surface area contributed by atoms with Gasteiger partial charge in [0.05, 0.1) is 16.3 Å². The summed E-state index contributed by atoms with van der Waals surface area (Å²) < 4.78 is 1.67. The molecule has 0 unspecified atom stereocenters. The Morgan fingerprint density at radius 2 is 2.19 bits per heavy atom. The first kappa shape index (κ1) is 14.3. The lowest BCUT2D eigenvalue weighted by Crippen LogP contribution is -2.24. The van der Waals surface area contributed by atoms with E-state index in [4.69, 9.17) is 5.73 Å². The molecule has 108 valence electrons. The number of nitrogens with zero attached hydrogens (tertiary/aromatic N) is 2. The number of fused-ring (bicyclic) bond motifs is 1. The van der Waals surface area contributed by atoms with Crippen LogP contribution < -0.4 is 11.3 Å². The monoisotopic (exact) mass is 317 g/mol. The molecule has 1 aliphatic heterocycles. The van der Waals surface area contributed by atoms with Crippen molar-refractivity contribution < 1.29 is 0 Å². The number of hydrogen-bond acceptors (Lipinski definition) is 5. The zero-order valence-corrected chi connectivity index (χ0v) is 13.0. The molecule has 0 spiro atoms. The van der Waals surface area contributed by atoms with Crippen molar-refractivity contribution in [2.75, 3.05) is 11.5 Å². The molecule has 1 aromatic carbocycles. The van der Waals surface area contributed by atoms with Gasteiger partial charge in [-0.25, -0.2) is 4.98 Å². The molecule has 2 heterocycles. The van der Waals surface area contributed by atoms with Crippen LogP contribution in [0.4, 0.5) is 0 Å². The molecular weight excluding hydrogens is 302 g/mol. The van der Waals surface area contributed by atoms with Crippen molar-refractivity contribution in [3.8, 4) is 5.69 Å². The van der Waals surface area contributed by atoms with Crippen molar-refractivity contribution in [2.24, 2.45) is 5.73 Å². The fraction of sp³-hybridized carbons (Fsp3) is 0.200. The second kappa shape index (κ2) is 5.99. The molecule has 0 radical (unpaired) electrons. The Balaban J connectivity index is 2.15. The predicted molar refractivity (Wildman–Crippen MR) is 88.3 cm³/mol. The Kier molecular flexibility index (Phi) is 4.07. The van der Waals surface area contributed by atoms with E-state index in [9.17, 15) is 4.79 Å². The fourth-order valence-corrected chi connectivity index (χ4v) is 3.99. The van der Waals surface area contributed by atoms with Gasteiger partial charge in [-0.3, -0.25) is 9.36 Å². The van der Waals surface area contributed by atoms with Gasteiger partial charge in [0.1, 0.15) is 0 Å². The molecule has 4 nitrogen and oxygen atoms in total. The largest absolute Gasteiger partial charge is 0.402 e. The SMILES string of the molecule is C=C(N)CSc1nc2c(c(=O)n1-c1ccccc1)SCC2. The standard InChI is InChI=1S/C15H15N3OS2/c1-10(16)9-21-15-17-12-7-8-20-13(12)14(19)18(15)11-5-3-2-4-6-11/h2-6H,1,7-9,16H2. The Hall–Kier alpha value is -1.66. The van der Waals surface area contributed by atoms with Gasteiger partial charge in [-0.15, -0.1) is 11.8 Å². The first-order chi connectivity index (χ1) is 10.2. The van der Waals surface area contributed by atoms with Crippen LogP contribution in [0.1, 0.15) is 5.69 Å². The van der Waals surface area contributed by atoms with Crippen LogP contribution in [0, 0.1) is 0 Å². The average molecular weight is 317 g/mol. The van der Waals surface area contributed by atoms with Crippen LogP contribution in [-0.4, -0.2) is 21.1 Å². The summed E-state index contributed by atoms with van der Waals surface area (Å²) in [6.07, 6.45) is 0.849. The van der Waals surface area contributed by atoms with Crippen LogP contribution >= 0.6 is 23.5 Å². The van der Waals surface area contributed by atoms with Gasteiger partial charge >= 0.3 is 0 Å². The van der Waals surface area contributed by atoms with E-state index in [1.807, 2.05) is 30.3 Å². The minimum Gasteiger partial charge on any atom is -0.402 e. The van der Waals surface area contributed by atoms with Crippen molar-refractivity contribution in [1.82, 2.24) is 9.55 Å². The van der Waals surface area contributed by atoms with E-state index in [1.54, 1.807) is 16.3 Å². The molecule has 0 atom stereocenters. The summed E-state index contributed by atoms with van der Waals surface area (Å²) in [5, 5.41) is 0.680. The lowest BCUT2D eigenvalue weighted by Gasteiger charge is -2.13. The Bertz CT molecular complexity index is 741. The van der Waals surface area contributed by atoms with Crippen LogP contribution in [0.3, 0.4) is 0 Å². The van der Waals surface area contributed by atoms with Gasteiger partial charge in [0.2, 0.25) is 0 Å². The number of hydrogen-bond donors (Lipinski definition) is 1. The van der Waals surface area contributed by atoms with Gasteiger partial charge in [-0.1, -0.05) is 36.5 Å². The maximum atomic E-state index is 12.8. The molecule has 0 fully saturated rings. The fourth-order valence-electron chi connectivity index (χ4n) is 2.15. The molecule has 0 amide bonds. The van der Waals surface area contributed by atoms with E-state index in [0.29, 0.717) is 16.6 Å². The van der Waals surface area contributed by atoms with E-state index in [1.165, 1.54) is 11.8 Å². The van der Waals surface area contributed by atoms with Gasteiger partial charge in [-0.05, 0) is 12.1 Å². The summed E-state index contributed by atoms with van der Waals surface area (Å²) in [6.45, 7) is 3.71. The molecule has 21 heavy (non-hydrogen) atoms. The number of benzene rings is 1. The lowest BCUT2D eigenvalue weighted by atomic mass is 10.3. The predicted octanol–water partition coefficient (Wildman–Crippen LogP) is 2.45. The molecule has 3 rings (SSSR count). The van der Waals surface area contributed by atoms with E-state index in [0.717, 1.165) is 28.5 Å². The van der Waals surface area contributed by atoms with Crippen LogP contribution in [-0.2, 0) is 6.42 Å².